The Kier molecular flexibility index (Phi) is 4.84. The van der Waals surface area contributed by atoms with Gasteiger partial charge in [0.25, 0.3) is 0 Å². The molecule has 0 amide bonds. The van der Waals surface area contributed by atoms with Gasteiger partial charge in [0.1, 0.15) is 17.3 Å². The number of rotatable bonds is 6. The molecule has 2 heterocycles. The van der Waals surface area contributed by atoms with Gasteiger partial charge in [0, 0.05) is 17.8 Å². The third-order valence-electron chi connectivity index (χ3n) is 3.56. The molecule has 3 N–H and O–H groups in total. The van der Waals surface area contributed by atoms with Crippen LogP contribution in [0.3, 0.4) is 0 Å². The number of hydrogen-bond donors (Lipinski definition) is 2. The van der Waals surface area contributed by atoms with E-state index in [2.05, 4.69) is 15.3 Å². The van der Waals surface area contributed by atoms with E-state index < -0.39 is 0 Å². The van der Waals surface area contributed by atoms with Crippen LogP contribution in [0.4, 0.5) is 16.6 Å². The van der Waals surface area contributed by atoms with Gasteiger partial charge in [-0.2, -0.15) is 0 Å². The van der Waals surface area contributed by atoms with Crippen molar-refractivity contribution in [1.82, 2.24) is 4.98 Å². The Morgan fingerprint density at radius 1 is 1.20 bits per heavy atom. The number of methoxy groups -OCH3 is 3. The summed E-state index contributed by atoms with van der Waals surface area (Å²) >= 11 is 1.37. The Hall–Kier alpha value is -2.68. The van der Waals surface area contributed by atoms with Gasteiger partial charge in [0.05, 0.1) is 27.4 Å². The van der Waals surface area contributed by atoms with Crippen LogP contribution in [-0.2, 0) is 4.74 Å². The molecule has 0 spiro atoms. The van der Waals surface area contributed by atoms with Gasteiger partial charge in [-0.25, -0.2) is 9.98 Å². The predicted molar refractivity (Wildman–Crippen MR) is 97.9 cm³/mol. The lowest BCUT2D eigenvalue weighted by Crippen LogP contribution is -2.02. The fraction of sp³-hybridized carbons (Fsp3) is 0.375. The Bertz CT molecular complexity index is 780. The van der Waals surface area contributed by atoms with Gasteiger partial charge in [-0.3, -0.25) is 0 Å². The number of nitrogen functional groups attached to an aromatic ring is 1. The highest BCUT2D eigenvalue weighted by molar-refractivity contribution is 7.18. The van der Waals surface area contributed by atoms with Crippen LogP contribution < -0.4 is 25.3 Å². The van der Waals surface area contributed by atoms with Crippen LogP contribution in [0.2, 0.25) is 0 Å². The highest BCUT2D eigenvalue weighted by atomic mass is 32.1. The Morgan fingerprint density at radius 2 is 1.88 bits per heavy atom. The first-order valence-electron chi connectivity index (χ1n) is 7.60. The lowest BCUT2D eigenvalue weighted by atomic mass is 10.2. The minimum absolute atomic E-state index is 0.128. The first-order valence-corrected chi connectivity index (χ1v) is 8.41. The third kappa shape index (κ3) is 3.41. The zero-order chi connectivity index (χ0) is 18.0. The van der Waals surface area contributed by atoms with Gasteiger partial charge in [0.15, 0.2) is 16.6 Å². The van der Waals surface area contributed by atoms with Gasteiger partial charge < -0.3 is 30.0 Å². The number of ether oxygens (including phenoxy) is 4. The van der Waals surface area contributed by atoms with Gasteiger partial charge in [0.2, 0.25) is 11.6 Å². The second-order valence-electron chi connectivity index (χ2n) is 5.37. The first-order chi connectivity index (χ1) is 12.0. The number of thiazole rings is 1. The summed E-state index contributed by atoms with van der Waals surface area (Å²) in [5.41, 5.74) is 6.74. The van der Waals surface area contributed by atoms with Crippen LogP contribution in [0.1, 0.15) is 11.8 Å². The van der Waals surface area contributed by atoms with Gasteiger partial charge in [-0.15, -0.1) is 0 Å². The molecule has 1 atom stereocenters. The van der Waals surface area contributed by atoms with Gasteiger partial charge >= 0.3 is 0 Å². The number of nitrogens with two attached hydrogens (primary N) is 1. The molecule has 1 aliphatic heterocycles. The Morgan fingerprint density at radius 3 is 2.40 bits per heavy atom. The summed E-state index contributed by atoms with van der Waals surface area (Å²) in [6.07, 6.45) is 0. The van der Waals surface area contributed by atoms with E-state index in [0.717, 1.165) is 10.6 Å². The van der Waals surface area contributed by atoms with Crippen molar-refractivity contribution in [3.8, 4) is 17.2 Å². The normalized spacial score (nSPS) is 16.2. The zero-order valence-electron chi connectivity index (χ0n) is 14.5. The van der Waals surface area contributed by atoms with Crippen LogP contribution >= 0.6 is 11.3 Å². The van der Waals surface area contributed by atoms with Crippen LogP contribution in [0.5, 0.6) is 17.2 Å². The van der Waals surface area contributed by atoms with Crippen molar-refractivity contribution in [2.24, 2.45) is 4.99 Å². The predicted octanol–water partition coefficient (Wildman–Crippen LogP) is 2.66. The smallest absolute Gasteiger partial charge is 0.230 e. The highest BCUT2D eigenvalue weighted by Gasteiger charge is 2.22. The van der Waals surface area contributed by atoms with E-state index in [4.69, 9.17) is 24.7 Å². The third-order valence-corrected chi connectivity index (χ3v) is 4.54. The maximum absolute atomic E-state index is 6.01. The molecule has 1 aromatic heterocycles. The molecule has 0 fully saturated rings. The molecule has 0 aliphatic carbocycles. The number of nitrogens with one attached hydrogen (secondary N) is 1. The number of anilines is 3. The van der Waals surface area contributed by atoms with Crippen LogP contribution in [0.15, 0.2) is 17.1 Å². The standard InChI is InChI=1S/C16H20N4O4S/c1-8-7-24-15(18-8)13-14(17)20-16(25-13)19-9-5-10(21-2)12(23-4)11(6-9)22-3/h5-6,8H,7,17H2,1-4H3,(H,19,20)/t8-/m1/s1. The van der Waals surface area contributed by atoms with E-state index in [-0.39, 0.29) is 6.04 Å². The van der Waals surface area contributed by atoms with Crippen molar-refractivity contribution in [2.75, 3.05) is 39.0 Å². The highest BCUT2D eigenvalue weighted by Crippen LogP contribution is 2.41. The molecule has 25 heavy (non-hydrogen) atoms. The summed E-state index contributed by atoms with van der Waals surface area (Å²) in [5, 5.41) is 3.82. The van der Waals surface area contributed by atoms with E-state index in [9.17, 15) is 0 Å². The summed E-state index contributed by atoms with van der Waals surface area (Å²) in [7, 11) is 4.69. The summed E-state index contributed by atoms with van der Waals surface area (Å²) in [4.78, 5) is 9.48. The second kappa shape index (κ2) is 7.06. The SMILES string of the molecule is COc1cc(Nc2nc(N)c(C3=N[C@H](C)CO3)s2)cc(OC)c1OC. The largest absolute Gasteiger partial charge is 0.493 e. The van der Waals surface area contributed by atoms with Crippen molar-refractivity contribution in [3.05, 3.63) is 17.0 Å². The fourth-order valence-electron chi connectivity index (χ4n) is 2.41. The quantitative estimate of drug-likeness (QED) is 0.813. The lowest BCUT2D eigenvalue weighted by Gasteiger charge is -2.14. The van der Waals surface area contributed by atoms with Crippen molar-refractivity contribution < 1.29 is 18.9 Å². The maximum atomic E-state index is 6.01. The summed E-state index contributed by atoms with van der Waals surface area (Å²) in [6.45, 7) is 2.54. The topological polar surface area (TPSA) is 100 Å². The van der Waals surface area contributed by atoms with Gasteiger partial charge in [-0.1, -0.05) is 11.3 Å². The maximum Gasteiger partial charge on any atom is 0.230 e. The van der Waals surface area contributed by atoms with Crippen LogP contribution in [0, 0.1) is 0 Å². The van der Waals surface area contributed by atoms with Crippen molar-refractivity contribution in [1.29, 1.82) is 0 Å². The van der Waals surface area contributed by atoms with E-state index in [1.54, 1.807) is 33.5 Å². The number of hydrogen-bond acceptors (Lipinski definition) is 9. The Balaban J connectivity index is 1.89. The molecular formula is C16H20N4O4S. The molecule has 1 aliphatic rings. The zero-order valence-corrected chi connectivity index (χ0v) is 15.3. The minimum atomic E-state index is 0.128. The molecular weight excluding hydrogens is 344 g/mol. The number of aromatic nitrogens is 1. The van der Waals surface area contributed by atoms with E-state index >= 15 is 0 Å². The summed E-state index contributed by atoms with van der Waals surface area (Å²) in [5.74, 6) is 2.55. The molecule has 3 rings (SSSR count). The molecule has 0 radical (unpaired) electrons. The first kappa shape index (κ1) is 17.2. The van der Waals surface area contributed by atoms with Crippen LogP contribution in [-0.4, -0.2) is 44.9 Å². The van der Waals surface area contributed by atoms with E-state index in [1.165, 1.54) is 11.3 Å². The number of aliphatic imine (C=N–C) groups is 1. The van der Waals surface area contributed by atoms with Crippen molar-refractivity contribution >= 4 is 33.9 Å². The molecule has 0 bridgehead atoms. The number of benzene rings is 1. The van der Waals surface area contributed by atoms with E-state index in [1.807, 2.05) is 6.92 Å². The monoisotopic (exact) mass is 364 g/mol. The van der Waals surface area contributed by atoms with E-state index in [0.29, 0.717) is 40.7 Å². The average Bonchev–Trinajstić information content (AvgIpc) is 3.19. The van der Waals surface area contributed by atoms with Gasteiger partial charge in [-0.05, 0) is 6.92 Å². The second-order valence-corrected chi connectivity index (χ2v) is 6.37. The van der Waals surface area contributed by atoms with Crippen molar-refractivity contribution in [3.63, 3.8) is 0 Å². The Labute approximate surface area is 149 Å². The summed E-state index contributed by atoms with van der Waals surface area (Å²) in [6, 6.07) is 3.72. The average molecular weight is 364 g/mol. The fourth-order valence-corrected chi connectivity index (χ4v) is 3.27. The molecule has 8 nitrogen and oxygen atoms in total. The van der Waals surface area contributed by atoms with Crippen LogP contribution in [0.25, 0.3) is 0 Å². The number of nitrogens with zero attached hydrogens (tertiary/aromatic N) is 2. The molecule has 2 aromatic rings. The molecule has 134 valence electrons. The molecule has 9 heteroatoms. The molecule has 0 saturated carbocycles. The lowest BCUT2D eigenvalue weighted by molar-refractivity contribution is 0.324. The molecule has 0 unspecified atom stereocenters. The minimum Gasteiger partial charge on any atom is -0.493 e. The van der Waals surface area contributed by atoms with Crippen molar-refractivity contribution in [2.45, 2.75) is 13.0 Å². The summed E-state index contributed by atoms with van der Waals surface area (Å²) < 4.78 is 21.6. The molecule has 0 saturated heterocycles. The molecule has 1 aromatic carbocycles.